The summed E-state index contributed by atoms with van der Waals surface area (Å²) in [7, 11) is 0. The van der Waals surface area contributed by atoms with Crippen LogP contribution < -0.4 is 5.32 Å². The second kappa shape index (κ2) is 8.69. The topological polar surface area (TPSA) is 50.8 Å². The minimum Gasteiger partial charge on any atom is -0.376 e. The number of carbonyl (C=O) groups excluding carboxylic acids is 1. The third-order valence-electron chi connectivity index (χ3n) is 5.10. The molecule has 0 bridgehead atoms. The molecule has 1 N–H and O–H groups in total. The molecule has 2 heterocycles. The molecule has 23 heavy (non-hydrogen) atoms. The van der Waals surface area contributed by atoms with Gasteiger partial charge in [-0.05, 0) is 50.9 Å². The summed E-state index contributed by atoms with van der Waals surface area (Å²) in [6.45, 7) is 3.81. The van der Waals surface area contributed by atoms with Gasteiger partial charge in [0.25, 0.3) is 0 Å². The van der Waals surface area contributed by atoms with Gasteiger partial charge in [-0.25, -0.2) is 4.79 Å². The Kier molecular flexibility index (Phi) is 6.34. The van der Waals surface area contributed by atoms with Crippen molar-refractivity contribution in [2.45, 2.75) is 57.2 Å². The average Bonchev–Trinajstić information content (AvgIpc) is 3.27. The van der Waals surface area contributed by atoms with E-state index in [9.17, 15) is 4.79 Å². The summed E-state index contributed by atoms with van der Waals surface area (Å²) in [4.78, 5) is 14.6. The van der Waals surface area contributed by atoms with Gasteiger partial charge in [0.05, 0.1) is 12.2 Å². The van der Waals surface area contributed by atoms with Crippen LogP contribution in [-0.4, -0.2) is 56.0 Å². The first kappa shape index (κ1) is 16.8. The van der Waals surface area contributed by atoms with E-state index in [2.05, 4.69) is 17.5 Å². The van der Waals surface area contributed by atoms with Crippen LogP contribution in [0.25, 0.3) is 0 Å². The van der Waals surface area contributed by atoms with Gasteiger partial charge in [0.2, 0.25) is 0 Å². The smallest absolute Gasteiger partial charge is 0.317 e. The molecule has 0 aromatic heterocycles. The summed E-state index contributed by atoms with van der Waals surface area (Å²) in [6.07, 6.45) is 12.6. The van der Waals surface area contributed by atoms with E-state index in [0.717, 1.165) is 58.3 Å². The molecule has 0 aromatic carbocycles. The van der Waals surface area contributed by atoms with E-state index in [0.29, 0.717) is 19.0 Å². The van der Waals surface area contributed by atoms with Crippen molar-refractivity contribution in [3.05, 3.63) is 12.2 Å². The number of hydrogen-bond acceptors (Lipinski definition) is 3. The van der Waals surface area contributed by atoms with Gasteiger partial charge >= 0.3 is 6.03 Å². The summed E-state index contributed by atoms with van der Waals surface area (Å²) in [5.74, 6) is 0.580. The molecule has 130 valence electrons. The van der Waals surface area contributed by atoms with E-state index in [1.807, 2.05) is 4.90 Å². The van der Waals surface area contributed by atoms with E-state index in [1.165, 1.54) is 6.42 Å². The van der Waals surface area contributed by atoms with E-state index >= 15 is 0 Å². The number of rotatable bonds is 6. The van der Waals surface area contributed by atoms with Gasteiger partial charge < -0.3 is 19.7 Å². The van der Waals surface area contributed by atoms with Gasteiger partial charge in [-0.1, -0.05) is 12.2 Å². The lowest BCUT2D eigenvalue weighted by molar-refractivity contribution is 0.0497. The Morgan fingerprint density at radius 3 is 2.26 bits per heavy atom. The highest BCUT2D eigenvalue weighted by Crippen LogP contribution is 2.19. The summed E-state index contributed by atoms with van der Waals surface area (Å²) in [5, 5.41) is 3.14. The molecule has 2 amide bonds. The molecule has 1 aliphatic carbocycles. The van der Waals surface area contributed by atoms with Crippen LogP contribution in [0.2, 0.25) is 0 Å². The zero-order valence-electron chi connectivity index (χ0n) is 14.0. The predicted molar refractivity (Wildman–Crippen MR) is 89.4 cm³/mol. The quantitative estimate of drug-likeness (QED) is 0.765. The Labute approximate surface area is 139 Å². The van der Waals surface area contributed by atoms with E-state index in [-0.39, 0.29) is 18.2 Å². The first-order chi connectivity index (χ1) is 11.3. The van der Waals surface area contributed by atoms with Crippen molar-refractivity contribution < 1.29 is 14.3 Å². The molecule has 5 heteroatoms. The maximum absolute atomic E-state index is 12.6. The Hall–Kier alpha value is -1.07. The number of ether oxygens (including phenoxy) is 2. The minimum atomic E-state index is 0.0468. The van der Waals surface area contributed by atoms with Crippen molar-refractivity contribution in [1.82, 2.24) is 10.2 Å². The Morgan fingerprint density at radius 2 is 1.74 bits per heavy atom. The molecule has 2 aliphatic heterocycles. The molecular weight excluding hydrogens is 292 g/mol. The lowest BCUT2D eigenvalue weighted by Gasteiger charge is -2.29. The molecule has 3 aliphatic rings. The zero-order chi connectivity index (χ0) is 15.9. The fourth-order valence-electron chi connectivity index (χ4n) is 3.69. The van der Waals surface area contributed by atoms with Crippen LogP contribution in [0.15, 0.2) is 12.2 Å². The SMILES string of the molecule is O=C(NCC1CC=CCC1)N(CC1CCCO1)CC1CCCO1. The second-order valence-electron chi connectivity index (χ2n) is 7.01. The molecular formula is C18H30N2O3. The number of allylic oxidation sites excluding steroid dienone is 2. The van der Waals surface area contributed by atoms with Gasteiger partial charge in [0.15, 0.2) is 0 Å². The first-order valence-corrected chi connectivity index (χ1v) is 9.22. The molecule has 0 saturated carbocycles. The molecule has 3 rings (SSSR count). The van der Waals surface area contributed by atoms with Gasteiger partial charge in [-0.3, -0.25) is 0 Å². The number of nitrogens with one attached hydrogen (secondary N) is 1. The van der Waals surface area contributed by atoms with Crippen molar-refractivity contribution in [2.75, 3.05) is 32.8 Å². The lowest BCUT2D eigenvalue weighted by atomic mass is 9.94. The van der Waals surface area contributed by atoms with Crippen LogP contribution in [-0.2, 0) is 9.47 Å². The Bertz CT molecular complexity index is 383. The van der Waals surface area contributed by atoms with Gasteiger partial charge in [-0.2, -0.15) is 0 Å². The van der Waals surface area contributed by atoms with Gasteiger partial charge in [0, 0.05) is 32.8 Å². The molecule has 2 fully saturated rings. The lowest BCUT2D eigenvalue weighted by Crippen LogP contribution is -2.48. The highest BCUT2D eigenvalue weighted by molar-refractivity contribution is 5.74. The fourth-order valence-corrected chi connectivity index (χ4v) is 3.69. The van der Waals surface area contributed by atoms with Gasteiger partial charge in [0.1, 0.15) is 0 Å². The van der Waals surface area contributed by atoms with Crippen molar-refractivity contribution in [3.8, 4) is 0 Å². The van der Waals surface area contributed by atoms with Crippen LogP contribution >= 0.6 is 0 Å². The predicted octanol–water partition coefficient (Wildman–Crippen LogP) is 2.71. The Balaban J connectivity index is 1.49. The Morgan fingerprint density at radius 1 is 1.04 bits per heavy atom. The van der Waals surface area contributed by atoms with Crippen molar-refractivity contribution in [2.24, 2.45) is 5.92 Å². The standard InChI is InChI=1S/C18H30N2O3/c21-18(19-12-15-6-2-1-3-7-15)20(13-16-8-4-10-22-16)14-17-9-5-11-23-17/h1-2,15-17H,3-14H2,(H,19,21). The summed E-state index contributed by atoms with van der Waals surface area (Å²) < 4.78 is 11.4. The summed E-state index contributed by atoms with van der Waals surface area (Å²) >= 11 is 0. The van der Waals surface area contributed by atoms with Crippen LogP contribution in [0, 0.1) is 5.92 Å². The maximum Gasteiger partial charge on any atom is 0.317 e. The molecule has 0 spiro atoms. The van der Waals surface area contributed by atoms with Gasteiger partial charge in [-0.15, -0.1) is 0 Å². The van der Waals surface area contributed by atoms with Crippen LogP contribution in [0.3, 0.4) is 0 Å². The largest absolute Gasteiger partial charge is 0.376 e. The molecule has 5 nitrogen and oxygen atoms in total. The van der Waals surface area contributed by atoms with E-state index < -0.39 is 0 Å². The summed E-state index contributed by atoms with van der Waals surface area (Å²) in [5.41, 5.74) is 0. The van der Waals surface area contributed by atoms with E-state index in [4.69, 9.17) is 9.47 Å². The average molecular weight is 322 g/mol. The third-order valence-corrected chi connectivity index (χ3v) is 5.10. The number of amides is 2. The van der Waals surface area contributed by atoms with Crippen LogP contribution in [0.4, 0.5) is 4.79 Å². The minimum absolute atomic E-state index is 0.0468. The van der Waals surface area contributed by atoms with Crippen molar-refractivity contribution in [3.63, 3.8) is 0 Å². The van der Waals surface area contributed by atoms with Crippen molar-refractivity contribution in [1.29, 1.82) is 0 Å². The van der Waals surface area contributed by atoms with Crippen LogP contribution in [0.5, 0.6) is 0 Å². The molecule has 2 saturated heterocycles. The van der Waals surface area contributed by atoms with Crippen molar-refractivity contribution >= 4 is 6.03 Å². The highest BCUT2D eigenvalue weighted by atomic mass is 16.5. The second-order valence-corrected chi connectivity index (χ2v) is 7.01. The fraction of sp³-hybridized carbons (Fsp3) is 0.833. The normalized spacial score (nSPS) is 30.5. The van der Waals surface area contributed by atoms with E-state index in [1.54, 1.807) is 0 Å². The number of carbonyl (C=O) groups is 1. The monoisotopic (exact) mass is 322 g/mol. The number of hydrogen-bond donors (Lipinski definition) is 1. The van der Waals surface area contributed by atoms with Crippen LogP contribution in [0.1, 0.15) is 44.9 Å². The number of urea groups is 1. The molecule has 0 aromatic rings. The maximum atomic E-state index is 12.6. The number of nitrogens with zero attached hydrogens (tertiary/aromatic N) is 1. The molecule has 0 radical (unpaired) electrons. The highest BCUT2D eigenvalue weighted by Gasteiger charge is 2.27. The summed E-state index contributed by atoms with van der Waals surface area (Å²) in [6, 6.07) is 0.0468. The zero-order valence-corrected chi connectivity index (χ0v) is 14.0. The molecule has 3 atom stereocenters. The molecule has 3 unspecified atom stereocenters. The first-order valence-electron chi connectivity index (χ1n) is 9.22. The third kappa shape index (κ3) is 5.21.